The molecule has 34 heavy (non-hydrogen) atoms. The average molecular weight is 465 g/mol. The van der Waals surface area contributed by atoms with E-state index in [4.69, 9.17) is 18.8 Å². The predicted molar refractivity (Wildman–Crippen MR) is 125 cm³/mol. The number of aromatic nitrogens is 4. The molecule has 0 radical (unpaired) electrons. The minimum Gasteiger partial charge on any atom is -0.454 e. The topological polar surface area (TPSA) is 108 Å². The molecule has 1 fully saturated rings. The SMILES string of the molecule is C=C(NOc1ncnc(N2CCC(c3nc(C(C)C)no3)CC2)c1C)c1ccc2c(c1)OCO2. The standard InChI is InChI=1S/C24H28N6O4/c1-14(2)21-27-24(34-29-21)17-7-9-30(10-8-17)22-15(3)23(26-12-25-22)33-28-16(4)18-5-6-19-20(11-18)32-13-31-19/h5-6,11-12,14,17,28H,4,7-10,13H2,1-3H3. The number of nitrogens with zero attached hydrogens (tertiary/aromatic N) is 5. The van der Waals surface area contributed by atoms with E-state index in [9.17, 15) is 0 Å². The summed E-state index contributed by atoms with van der Waals surface area (Å²) in [6.07, 6.45) is 3.35. The van der Waals surface area contributed by atoms with E-state index in [0.717, 1.165) is 60.3 Å². The maximum absolute atomic E-state index is 5.79. The van der Waals surface area contributed by atoms with E-state index >= 15 is 0 Å². The van der Waals surface area contributed by atoms with Crippen molar-refractivity contribution in [3.63, 3.8) is 0 Å². The minimum atomic E-state index is 0.225. The second kappa shape index (κ2) is 9.20. The van der Waals surface area contributed by atoms with Crippen LogP contribution in [-0.2, 0) is 0 Å². The number of fused-ring (bicyclic) bond motifs is 1. The zero-order valence-corrected chi connectivity index (χ0v) is 19.6. The van der Waals surface area contributed by atoms with Gasteiger partial charge in [0, 0.05) is 30.5 Å². The number of hydrogen-bond donors (Lipinski definition) is 1. The molecule has 1 aromatic carbocycles. The van der Waals surface area contributed by atoms with Gasteiger partial charge in [-0.25, -0.2) is 10.5 Å². The molecule has 0 amide bonds. The van der Waals surface area contributed by atoms with Crippen LogP contribution in [-0.4, -0.2) is 40.0 Å². The van der Waals surface area contributed by atoms with Crippen LogP contribution < -0.4 is 24.7 Å². The molecular weight excluding hydrogens is 436 g/mol. The van der Waals surface area contributed by atoms with Crippen molar-refractivity contribution < 1.29 is 18.8 Å². The van der Waals surface area contributed by atoms with Crippen LogP contribution in [0.3, 0.4) is 0 Å². The molecule has 1 N–H and O–H groups in total. The number of piperidine rings is 1. The molecule has 0 unspecified atom stereocenters. The van der Waals surface area contributed by atoms with Crippen molar-refractivity contribution in [3.8, 4) is 17.4 Å². The van der Waals surface area contributed by atoms with Crippen molar-refractivity contribution in [3.05, 3.63) is 53.9 Å². The molecule has 4 heterocycles. The Bertz CT molecular complexity index is 1190. The molecule has 3 aromatic rings. The van der Waals surface area contributed by atoms with Crippen LogP contribution in [0.25, 0.3) is 5.70 Å². The highest BCUT2D eigenvalue weighted by molar-refractivity contribution is 5.65. The second-order valence-electron chi connectivity index (χ2n) is 8.78. The Morgan fingerprint density at radius 1 is 1.18 bits per heavy atom. The van der Waals surface area contributed by atoms with Gasteiger partial charge in [0.2, 0.25) is 12.7 Å². The number of nitrogens with one attached hydrogen (secondary N) is 1. The fraction of sp³-hybridized carbons (Fsp3) is 0.417. The first-order valence-electron chi connectivity index (χ1n) is 11.4. The van der Waals surface area contributed by atoms with Gasteiger partial charge in [-0.3, -0.25) is 0 Å². The van der Waals surface area contributed by atoms with E-state index in [2.05, 4.69) is 50.9 Å². The van der Waals surface area contributed by atoms with Gasteiger partial charge in [-0.05, 0) is 38.0 Å². The van der Waals surface area contributed by atoms with Gasteiger partial charge in [0.25, 0.3) is 5.88 Å². The lowest BCUT2D eigenvalue weighted by Gasteiger charge is -2.32. The molecule has 2 aromatic heterocycles. The first-order chi connectivity index (χ1) is 16.5. The van der Waals surface area contributed by atoms with Gasteiger partial charge in [-0.2, -0.15) is 9.97 Å². The lowest BCUT2D eigenvalue weighted by molar-refractivity contribution is 0.174. The first kappa shape index (κ1) is 22.0. The van der Waals surface area contributed by atoms with Crippen LogP contribution in [0.2, 0.25) is 0 Å². The summed E-state index contributed by atoms with van der Waals surface area (Å²) in [5.74, 6) is 4.73. The van der Waals surface area contributed by atoms with Crippen molar-refractivity contribution in [2.45, 2.75) is 45.4 Å². The fourth-order valence-electron chi connectivity index (χ4n) is 4.09. The van der Waals surface area contributed by atoms with E-state index in [0.29, 0.717) is 17.3 Å². The lowest BCUT2D eigenvalue weighted by Crippen LogP contribution is -2.34. The lowest BCUT2D eigenvalue weighted by atomic mass is 9.96. The zero-order chi connectivity index (χ0) is 23.7. The number of benzene rings is 1. The van der Waals surface area contributed by atoms with Gasteiger partial charge in [0.1, 0.15) is 12.1 Å². The molecule has 0 saturated carbocycles. The van der Waals surface area contributed by atoms with Crippen molar-refractivity contribution in [2.75, 3.05) is 24.8 Å². The van der Waals surface area contributed by atoms with E-state index in [1.807, 2.05) is 25.1 Å². The number of ether oxygens (including phenoxy) is 2. The molecule has 2 aliphatic rings. The van der Waals surface area contributed by atoms with Gasteiger partial charge < -0.3 is 23.7 Å². The molecule has 5 rings (SSSR count). The monoisotopic (exact) mass is 464 g/mol. The van der Waals surface area contributed by atoms with Gasteiger partial charge in [0.15, 0.2) is 17.3 Å². The normalized spacial score (nSPS) is 15.6. The summed E-state index contributed by atoms with van der Waals surface area (Å²) in [6.45, 7) is 12.0. The number of rotatable bonds is 7. The molecule has 0 spiro atoms. The van der Waals surface area contributed by atoms with Crippen LogP contribution in [0.15, 0.2) is 35.6 Å². The first-order valence-corrected chi connectivity index (χ1v) is 11.4. The molecule has 178 valence electrons. The Morgan fingerprint density at radius 3 is 2.74 bits per heavy atom. The third-order valence-corrected chi connectivity index (χ3v) is 6.12. The second-order valence-corrected chi connectivity index (χ2v) is 8.78. The predicted octanol–water partition coefficient (Wildman–Crippen LogP) is 3.96. The van der Waals surface area contributed by atoms with E-state index in [-0.39, 0.29) is 18.6 Å². The summed E-state index contributed by atoms with van der Waals surface area (Å²) in [5, 5.41) is 4.10. The summed E-state index contributed by atoms with van der Waals surface area (Å²) in [5.41, 5.74) is 5.16. The molecule has 0 atom stereocenters. The zero-order valence-electron chi connectivity index (χ0n) is 19.6. The van der Waals surface area contributed by atoms with E-state index in [1.165, 1.54) is 6.33 Å². The van der Waals surface area contributed by atoms with E-state index in [1.54, 1.807) is 0 Å². The van der Waals surface area contributed by atoms with Crippen LogP contribution in [0, 0.1) is 6.92 Å². The van der Waals surface area contributed by atoms with Crippen LogP contribution >= 0.6 is 0 Å². The highest BCUT2D eigenvalue weighted by Gasteiger charge is 2.27. The Kier molecular flexibility index (Phi) is 5.95. The highest BCUT2D eigenvalue weighted by atomic mass is 16.7. The smallest absolute Gasteiger partial charge is 0.253 e. The van der Waals surface area contributed by atoms with Crippen LogP contribution in [0.4, 0.5) is 5.82 Å². The van der Waals surface area contributed by atoms with Gasteiger partial charge in [-0.15, -0.1) is 0 Å². The maximum atomic E-state index is 5.79. The van der Waals surface area contributed by atoms with Crippen LogP contribution in [0.5, 0.6) is 17.4 Å². The Labute approximate surface area is 197 Å². The molecule has 0 aliphatic carbocycles. The number of hydroxylamine groups is 1. The van der Waals surface area contributed by atoms with Crippen LogP contribution in [0.1, 0.15) is 61.4 Å². The third kappa shape index (κ3) is 4.35. The minimum absolute atomic E-state index is 0.225. The largest absolute Gasteiger partial charge is 0.454 e. The van der Waals surface area contributed by atoms with Gasteiger partial charge in [0.05, 0.1) is 11.3 Å². The van der Waals surface area contributed by atoms with Crippen molar-refractivity contribution in [2.24, 2.45) is 0 Å². The number of hydrogen-bond acceptors (Lipinski definition) is 10. The molecule has 10 heteroatoms. The maximum Gasteiger partial charge on any atom is 0.253 e. The molecule has 0 bridgehead atoms. The summed E-state index contributed by atoms with van der Waals surface area (Å²) >= 11 is 0. The fourth-order valence-corrected chi connectivity index (χ4v) is 4.09. The third-order valence-electron chi connectivity index (χ3n) is 6.12. The Hall–Kier alpha value is -3.82. The summed E-state index contributed by atoms with van der Waals surface area (Å²) in [6, 6.07) is 5.60. The van der Waals surface area contributed by atoms with Crippen molar-refractivity contribution in [1.29, 1.82) is 0 Å². The van der Waals surface area contributed by atoms with E-state index < -0.39 is 0 Å². The number of anilines is 1. The Morgan fingerprint density at radius 2 is 1.97 bits per heavy atom. The summed E-state index contributed by atoms with van der Waals surface area (Å²) < 4.78 is 16.3. The summed E-state index contributed by atoms with van der Waals surface area (Å²) in [4.78, 5) is 21.4. The Balaban J connectivity index is 1.21. The molecule has 10 nitrogen and oxygen atoms in total. The van der Waals surface area contributed by atoms with Gasteiger partial charge >= 0.3 is 0 Å². The quantitative estimate of drug-likeness (QED) is 0.516. The molecule has 2 aliphatic heterocycles. The highest BCUT2D eigenvalue weighted by Crippen LogP contribution is 2.34. The van der Waals surface area contributed by atoms with Crippen molar-refractivity contribution in [1.82, 2.24) is 25.6 Å². The average Bonchev–Trinajstić information content (AvgIpc) is 3.53. The molecule has 1 saturated heterocycles. The van der Waals surface area contributed by atoms with Crippen molar-refractivity contribution >= 4 is 11.5 Å². The molecular formula is C24H28N6O4. The van der Waals surface area contributed by atoms with Gasteiger partial charge in [-0.1, -0.05) is 25.6 Å². The summed E-state index contributed by atoms with van der Waals surface area (Å²) in [7, 11) is 0.